The van der Waals surface area contributed by atoms with Gasteiger partial charge in [0.15, 0.2) is 5.13 Å². The molecule has 0 bridgehead atoms. The molecule has 1 N–H and O–H groups in total. The van der Waals surface area contributed by atoms with E-state index in [0.29, 0.717) is 4.88 Å². The second kappa shape index (κ2) is 9.13. The maximum Gasteiger partial charge on any atom is 0.265 e. The molecule has 8 heteroatoms. The third kappa shape index (κ3) is 5.10. The second-order valence-electron chi connectivity index (χ2n) is 7.53. The molecule has 160 valence electrons. The van der Waals surface area contributed by atoms with Crippen LogP contribution in [0.25, 0.3) is 20.7 Å². The average molecular weight is 455 g/mol. The lowest BCUT2D eigenvalue weighted by Gasteiger charge is -2.18. The summed E-state index contributed by atoms with van der Waals surface area (Å²) < 4.78 is 14.2. The first-order valence-electron chi connectivity index (χ1n) is 9.82. The molecule has 5 nitrogen and oxygen atoms in total. The van der Waals surface area contributed by atoms with Crippen molar-refractivity contribution in [1.29, 1.82) is 0 Å². The largest absolute Gasteiger partial charge is 0.350 e. The molecule has 0 fully saturated rings. The first-order chi connectivity index (χ1) is 14.9. The molecule has 2 heterocycles. The summed E-state index contributed by atoms with van der Waals surface area (Å²) in [6, 6.07) is 15.7. The number of hydrogen-bond acceptors (Lipinski definition) is 6. The quantitative estimate of drug-likeness (QED) is 0.405. The van der Waals surface area contributed by atoms with Crippen molar-refractivity contribution >= 4 is 49.6 Å². The Labute approximate surface area is 188 Å². The first-order valence-corrected chi connectivity index (χ1v) is 11.5. The fourth-order valence-electron chi connectivity index (χ4n) is 3.02. The normalized spacial score (nSPS) is 11.3. The Bertz CT molecular complexity index is 1200. The number of carbonyl (C=O) groups excluding carboxylic acids is 1. The Morgan fingerprint density at radius 1 is 1.00 bits per heavy atom. The van der Waals surface area contributed by atoms with E-state index in [2.05, 4.69) is 29.2 Å². The highest BCUT2D eigenvalue weighted by Gasteiger charge is 2.13. The van der Waals surface area contributed by atoms with Crippen molar-refractivity contribution in [2.45, 2.75) is 0 Å². The van der Waals surface area contributed by atoms with Crippen LogP contribution >= 0.6 is 22.7 Å². The van der Waals surface area contributed by atoms with E-state index in [-0.39, 0.29) is 11.7 Å². The Morgan fingerprint density at radius 3 is 2.52 bits per heavy atom. The number of thiophene rings is 1. The third-order valence-corrected chi connectivity index (χ3v) is 7.07. The molecule has 2 aromatic heterocycles. The molecule has 0 aliphatic rings. The second-order valence-corrected chi connectivity index (χ2v) is 9.62. The van der Waals surface area contributed by atoms with E-state index in [0.717, 1.165) is 44.6 Å². The van der Waals surface area contributed by atoms with Gasteiger partial charge in [-0.1, -0.05) is 23.5 Å². The zero-order chi connectivity index (χ0) is 22.0. The van der Waals surface area contributed by atoms with E-state index in [1.54, 1.807) is 29.5 Å². The van der Waals surface area contributed by atoms with Gasteiger partial charge in [0.2, 0.25) is 0 Å². The van der Waals surface area contributed by atoms with Crippen molar-refractivity contribution in [3.8, 4) is 10.4 Å². The van der Waals surface area contributed by atoms with Crippen LogP contribution in [0, 0.1) is 5.82 Å². The fourth-order valence-corrected chi connectivity index (χ4v) is 4.92. The number of hydrogen-bond donors (Lipinski definition) is 1. The SMILES string of the molecule is CN(C)CCN(C)c1nc2ccc(NC(=O)c3ccc(-c4ccc(F)cc4)s3)cc2s1. The highest BCUT2D eigenvalue weighted by Crippen LogP contribution is 2.31. The van der Waals surface area contributed by atoms with Crippen LogP contribution in [-0.4, -0.2) is 50.0 Å². The van der Waals surface area contributed by atoms with Gasteiger partial charge in [-0.3, -0.25) is 4.79 Å². The van der Waals surface area contributed by atoms with Gasteiger partial charge in [0.1, 0.15) is 5.82 Å². The van der Waals surface area contributed by atoms with Crippen molar-refractivity contribution in [3.63, 3.8) is 0 Å². The van der Waals surface area contributed by atoms with Crippen molar-refractivity contribution in [2.24, 2.45) is 0 Å². The van der Waals surface area contributed by atoms with Crippen LogP contribution in [0.4, 0.5) is 15.2 Å². The van der Waals surface area contributed by atoms with E-state index >= 15 is 0 Å². The van der Waals surface area contributed by atoms with Crippen LogP contribution in [0.2, 0.25) is 0 Å². The lowest BCUT2D eigenvalue weighted by Crippen LogP contribution is -2.28. The smallest absolute Gasteiger partial charge is 0.265 e. The number of nitrogens with zero attached hydrogens (tertiary/aromatic N) is 3. The summed E-state index contributed by atoms with van der Waals surface area (Å²) in [7, 11) is 6.15. The molecule has 0 aliphatic carbocycles. The topological polar surface area (TPSA) is 48.5 Å². The Kier molecular flexibility index (Phi) is 6.31. The molecular formula is C23H23FN4OS2. The molecule has 0 atom stereocenters. The monoisotopic (exact) mass is 454 g/mol. The minimum absolute atomic E-state index is 0.162. The van der Waals surface area contributed by atoms with Crippen LogP contribution in [0.3, 0.4) is 0 Å². The number of carbonyl (C=O) groups is 1. The summed E-state index contributed by atoms with van der Waals surface area (Å²) in [4.78, 5) is 23.2. The molecule has 31 heavy (non-hydrogen) atoms. The number of thiazole rings is 1. The van der Waals surface area contributed by atoms with Gasteiger partial charge >= 0.3 is 0 Å². The number of aromatic nitrogens is 1. The van der Waals surface area contributed by atoms with Gasteiger partial charge in [0, 0.05) is 30.7 Å². The molecule has 0 saturated carbocycles. The number of anilines is 2. The zero-order valence-electron chi connectivity index (χ0n) is 17.6. The Balaban J connectivity index is 1.47. The van der Waals surface area contributed by atoms with Gasteiger partial charge in [-0.15, -0.1) is 11.3 Å². The predicted octanol–water partition coefficient (Wildman–Crippen LogP) is 5.41. The van der Waals surface area contributed by atoms with Gasteiger partial charge < -0.3 is 15.1 Å². The minimum Gasteiger partial charge on any atom is -0.350 e. The highest BCUT2D eigenvalue weighted by atomic mass is 32.1. The van der Waals surface area contributed by atoms with Gasteiger partial charge in [-0.2, -0.15) is 0 Å². The first kappa shape index (κ1) is 21.4. The Hall–Kier alpha value is -2.81. The number of benzene rings is 2. The van der Waals surface area contributed by atoms with E-state index in [9.17, 15) is 9.18 Å². The summed E-state index contributed by atoms with van der Waals surface area (Å²) in [6.07, 6.45) is 0. The summed E-state index contributed by atoms with van der Waals surface area (Å²) >= 11 is 3.00. The van der Waals surface area contributed by atoms with E-state index in [4.69, 9.17) is 4.98 Å². The number of rotatable bonds is 7. The fraction of sp³-hybridized carbons (Fsp3) is 0.217. The van der Waals surface area contributed by atoms with Gasteiger partial charge in [-0.05, 0) is 62.1 Å². The number of nitrogens with one attached hydrogen (secondary N) is 1. The van der Waals surface area contributed by atoms with Crippen LogP contribution < -0.4 is 10.2 Å². The number of likely N-dealkylation sites (N-methyl/N-ethyl adjacent to an activating group) is 2. The highest BCUT2D eigenvalue weighted by molar-refractivity contribution is 7.22. The van der Waals surface area contributed by atoms with Gasteiger partial charge in [0.25, 0.3) is 5.91 Å². The van der Waals surface area contributed by atoms with E-state index < -0.39 is 0 Å². The molecule has 4 rings (SSSR count). The van der Waals surface area contributed by atoms with Crippen LogP contribution in [0.5, 0.6) is 0 Å². The zero-order valence-corrected chi connectivity index (χ0v) is 19.2. The van der Waals surface area contributed by atoms with Crippen LogP contribution in [0.1, 0.15) is 9.67 Å². The maximum atomic E-state index is 13.1. The lowest BCUT2D eigenvalue weighted by atomic mass is 10.2. The molecule has 0 spiro atoms. The molecule has 1 amide bonds. The van der Waals surface area contributed by atoms with E-state index in [1.165, 1.54) is 23.5 Å². The molecule has 2 aromatic carbocycles. The number of fused-ring (bicyclic) bond motifs is 1. The summed E-state index contributed by atoms with van der Waals surface area (Å²) in [5.41, 5.74) is 2.55. The summed E-state index contributed by atoms with van der Waals surface area (Å²) in [5.74, 6) is -0.436. The van der Waals surface area contributed by atoms with Crippen molar-refractivity contribution < 1.29 is 9.18 Å². The summed E-state index contributed by atoms with van der Waals surface area (Å²) in [5, 5.41) is 3.93. The minimum atomic E-state index is -0.274. The van der Waals surface area contributed by atoms with Gasteiger partial charge in [-0.25, -0.2) is 9.37 Å². The molecule has 4 aromatic rings. The van der Waals surface area contributed by atoms with E-state index in [1.807, 2.05) is 31.3 Å². The summed E-state index contributed by atoms with van der Waals surface area (Å²) in [6.45, 7) is 1.85. The van der Waals surface area contributed by atoms with Crippen molar-refractivity contribution in [2.75, 3.05) is 44.4 Å². The third-order valence-electron chi connectivity index (χ3n) is 4.80. The molecule has 0 saturated heterocycles. The standard InChI is InChI=1S/C23H23FN4OS2/c1-27(2)12-13-28(3)23-26-18-9-8-17(14-21(18)31-23)25-22(29)20-11-10-19(30-20)15-4-6-16(24)7-5-15/h4-11,14H,12-13H2,1-3H3,(H,25,29). The molecule has 0 radical (unpaired) electrons. The van der Waals surface area contributed by atoms with Crippen LogP contribution in [-0.2, 0) is 0 Å². The number of amides is 1. The van der Waals surface area contributed by atoms with Gasteiger partial charge in [0.05, 0.1) is 15.1 Å². The molecular weight excluding hydrogens is 431 g/mol. The Morgan fingerprint density at radius 2 is 1.77 bits per heavy atom. The predicted molar refractivity (Wildman–Crippen MR) is 129 cm³/mol. The maximum absolute atomic E-state index is 13.1. The molecule has 0 aliphatic heterocycles. The van der Waals surface area contributed by atoms with Crippen molar-refractivity contribution in [1.82, 2.24) is 9.88 Å². The van der Waals surface area contributed by atoms with Crippen LogP contribution in [0.15, 0.2) is 54.6 Å². The average Bonchev–Trinajstić information content (AvgIpc) is 3.39. The number of halogens is 1. The lowest BCUT2D eigenvalue weighted by molar-refractivity contribution is 0.103. The van der Waals surface area contributed by atoms with Crippen molar-refractivity contribution in [3.05, 3.63) is 65.3 Å². The molecule has 0 unspecified atom stereocenters.